The molecular formula is C21H17N. The molecule has 0 spiro atoms. The van der Waals surface area contributed by atoms with Crippen molar-refractivity contribution in [3.63, 3.8) is 0 Å². The Balaban J connectivity index is 1.93. The van der Waals surface area contributed by atoms with Crippen LogP contribution in [-0.2, 0) is 0 Å². The first-order chi connectivity index (χ1) is 10.8. The molecule has 1 nitrogen and oxygen atoms in total. The first kappa shape index (κ1) is 12.9. The smallest absolute Gasteiger partial charge is 0.0470 e. The molecular weight excluding hydrogens is 266 g/mol. The van der Waals surface area contributed by atoms with Crippen molar-refractivity contribution in [1.29, 1.82) is 0 Å². The number of nitrogens with one attached hydrogen (secondary N) is 1. The lowest BCUT2D eigenvalue weighted by Crippen LogP contribution is -1.92. The molecule has 0 aliphatic heterocycles. The van der Waals surface area contributed by atoms with Crippen molar-refractivity contribution in [2.45, 2.75) is 6.92 Å². The molecule has 0 amide bonds. The predicted molar refractivity (Wildman–Crippen MR) is 95.9 cm³/mol. The molecule has 0 aromatic heterocycles. The van der Waals surface area contributed by atoms with Gasteiger partial charge in [0.25, 0.3) is 0 Å². The van der Waals surface area contributed by atoms with E-state index in [0.29, 0.717) is 0 Å². The molecule has 0 saturated carbocycles. The first-order valence-corrected chi connectivity index (χ1v) is 7.55. The van der Waals surface area contributed by atoms with Gasteiger partial charge in [0.1, 0.15) is 0 Å². The van der Waals surface area contributed by atoms with Gasteiger partial charge in [0.2, 0.25) is 0 Å². The second kappa shape index (κ2) is 5.19. The molecule has 4 aromatic carbocycles. The van der Waals surface area contributed by atoms with Crippen molar-refractivity contribution in [2.75, 3.05) is 5.32 Å². The highest BCUT2D eigenvalue weighted by Gasteiger charge is 2.05. The predicted octanol–water partition coefficient (Wildman–Crippen LogP) is 6.05. The van der Waals surface area contributed by atoms with Gasteiger partial charge in [-0.05, 0) is 41.3 Å². The van der Waals surface area contributed by atoms with Crippen molar-refractivity contribution in [1.82, 2.24) is 0 Å². The first-order valence-electron chi connectivity index (χ1n) is 7.55. The van der Waals surface area contributed by atoms with Crippen molar-refractivity contribution < 1.29 is 0 Å². The summed E-state index contributed by atoms with van der Waals surface area (Å²) in [6.07, 6.45) is 0. The molecule has 0 bridgehead atoms. The Hall–Kier alpha value is -2.80. The number of aryl methyl sites for hydroxylation is 1. The fraction of sp³-hybridized carbons (Fsp3) is 0.0476. The lowest BCUT2D eigenvalue weighted by atomic mass is 10.0. The van der Waals surface area contributed by atoms with Crippen LogP contribution in [0.2, 0.25) is 0 Å². The number of hydrogen-bond acceptors (Lipinski definition) is 1. The molecule has 0 fully saturated rings. The molecule has 0 saturated heterocycles. The van der Waals surface area contributed by atoms with Crippen LogP contribution in [0.3, 0.4) is 0 Å². The lowest BCUT2D eigenvalue weighted by Gasteiger charge is -2.12. The van der Waals surface area contributed by atoms with E-state index in [1.54, 1.807) is 0 Å². The van der Waals surface area contributed by atoms with Gasteiger partial charge in [-0.15, -0.1) is 0 Å². The molecule has 22 heavy (non-hydrogen) atoms. The number of rotatable bonds is 2. The summed E-state index contributed by atoms with van der Waals surface area (Å²) in [4.78, 5) is 0. The van der Waals surface area contributed by atoms with Crippen LogP contribution in [0.15, 0.2) is 78.9 Å². The SMILES string of the molecule is Cc1ccc(Nc2cccc3ccc4ccccc4c23)cc1. The van der Waals surface area contributed by atoms with Crippen LogP contribution < -0.4 is 5.32 Å². The maximum absolute atomic E-state index is 3.57. The minimum absolute atomic E-state index is 1.12. The monoisotopic (exact) mass is 283 g/mol. The van der Waals surface area contributed by atoms with Crippen LogP contribution in [0.4, 0.5) is 11.4 Å². The third-order valence-corrected chi connectivity index (χ3v) is 4.10. The molecule has 4 aromatic rings. The molecule has 4 rings (SSSR count). The standard InChI is InChI=1S/C21H17N/c1-15-9-13-18(14-10-15)22-20-8-4-6-17-12-11-16-5-2-3-7-19(16)21(17)20/h2-14,22H,1H3. The quantitative estimate of drug-likeness (QED) is 0.442. The van der Waals surface area contributed by atoms with Gasteiger partial charge in [-0.25, -0.2) is 0 Å². The zero-order valence-corrected chi connectivity index (χ0v) is 12.5. The van der Waals surface area contributed by atoms with Crippen molar-refractivity contribution in [3.05, 3.63) is 84.4 Å². The van der Waals surface area contributed by atoms with Crippen LogP contribution >= 0.6 is 0 Å². The van der Waals surface area contributed by atoms with E-state index >= 15 is 0 Å². The van der Waals surface area contributed by atoms with E-state index in [2.05, 4.69) is 91.1 Å². The second-order valence-corrected chi connectivity index (χ2v) is 5.68. The summed E-state index contributed by atoms with van der Waals surface area (Å²) in [6.45, 7) is 2.11. The zero-order valence-electron chi connectivity index (χ0n) is 12.5. The third kappa shape index (κ3) is 2.21. The Morgan fingerprint density at radius 2 is 1.36 bits per heavy atom. The number of hydrogen-bond donors (Lipinski definition) is 1. The molecule has 0 atom stereocenters. The van der Waals surface area contributed by atoms with E-state index < -0.39 is 0 Å². The Labute approximate surface area is 130 Å². The van der Waals surface area contributed by atoms with E-state index in [4.69, 9.17) is 0 Å². The fourth-order valence-electron chi connectivity index (χ4n) is 2.96. The summed E-state index contributed by atoms with van der Waals surface area (Å²) in [5.74, 6) is 0. The van der Waals surface area contributed by atoms with Gasteiger partial charge in [0, 0.05) is 16.8 Å². The Morgan fingerprint density at radius 3 is 2.23 bits per heavy atom. The fourth-order valence-corrected chi connectivity index (χ4v) is 2.96. The van der Waals surface area contributed by atoms with Crippen LogP contribution in [0.1, 0.15) is 5.56 Å². The second-order valence-electron chi connectivity index (χ2n) is 5.68. The summed E-state index contributed by atoms with van der Waals surface area (Å²) in [6, 6.07) is 27.9. The largest absolute Gasteiger partial charge is 0.355 e. The van der Waals surface area contributed by atoms with Crippen LogP contribution in [-0.4, -0.2) is 0 Å². The molecule has 0 heterocycles. The normalized spacial score (nSPS) is 11.0. The van der Waals surface area contributed by atoms with E-state index in [1.165, 1.54) is 27.1 Å². The summed E-state index contributed by atoms with van der Waals surface area (Å²) >= 11 is 0. The van der Waals surface area contributed by atoms with Gasteiger partial charge >= 0.3 is 0 Å². The van der Waals surface area contributed by atoms with Crippen LogP contribution in [0.25, 0.3) is 21.5 Å². The maximum Gasteiger partial charge on any atom is 0.0470 e. The zero-order chi connectivity index (χ0) is 14.9. The highest BCUT2D eigenvalue weighted by molar-refractivity contribution is 6.13. The maximum atomic E-state index is 3.57. The number of anilines is 2. The van der Waals surface area contributed by atoms with Crippen molar-refractivity contribution >= 4 is 32.9 Å². The third-order valence-electron chi connectivity index (χ3n) is 4.10. The van der Waals surface area contributed by atoms with Gasteiger partial charge in [-0.3, -0.25) is 0 Å². The van der Waals surface area contributed by atoms with Gasteiger partial charge < -0.3 is 5.32 Å². The highest BCUT2D eigenvalue weighted by atomic mass is 14.9. The van der Waals surface area contributed by atoms with E-state index in [9.17, 15) is 0 Å². The average Bonchev–Trinajstić information content (AvgIpc) is 2.57. The lowest BCUT2D eigenvalue weighted by molar-refractivity contribution is 1.46. The highest BCUT2D eigenvalue weighted by Crippen LogP contribution is 2.33. The molecule has 1 heteroatoms. The number of benzene rings is 4. The van der Waals surface area contributed by atoms with Crippen molar-refractivity contribution in [3.8, 4) is 0 Å². The molecule has 0 aliphatic rings. The Morgan fingerprint density at radius 1 is 0.636 bits per heavy atom. The van der Waals surface area contributed by atoms with Gasteiger partial charge in [-0.2, -0.15) is 0 Å². The summed E-state index contributed by atoms with van der Waals surface area (Å²) in [7, 11) is 0. The van der Waals surface area contributed by atoms with E-state index in [1.807, 2.05) is 0 Å². The van der Waals surface area contributed by atoms with E-state index in [-0.39, 0.29) is 0 Å². The summed E-state index contributed by atoms with van der Waals surface area (Å²) < 4.78 is 0. The van der Waals surface area contributed by atoms with E-state index in [0.717, 1.165) is 11.4 Å². The minimum Gasteiger partial charge on any atom is -0.355 e. The van der Waals surface area contributed by atoms with Gasteiger partial charge in [0.05, 0.1) is 0 Å². The molecule has 0 radical (unpaired) electrons. The molecule has 0 unspecified atom stereocenters. The van der Waals surface area contributed by atoms with Gasteiger partial charge in [-0.1, -0.05) is 66.2 Å². The van der Waals surface area contributed by atoms with Gasteiger partial charge in [0.15, 0.2) is 0 Å². The Kier molecular flexibility index (Phi) is 3.05. The summed E-state index contributed by atoms with van der Waals surface area (Å²) in [5.41, 5.74) is 3.54. The topological polar surface area (TPSA) is 12.0 Å². The summed E-state index contributed by atoms with van der Waals surface area (Å²) in [5, 5.41) is 8.66. The van der Waals surface area contributed by atoms with Crippen LogP contribution in [0.5, 0.6) is 0 Å². The molecule has 0 aliphatic carbocycles. The molecule has 106 valence electrons. The minimum atomic E-state index is 1.12. The Bertz CT molecular complexity index is 952. The average molecular weight is 283 g/mol. The molecule has 1 N–H and O–H groups in total. The number of fused-ring (bicyclic) bond motifs is 3. The van der Waals surface area contributed by atoms with Crippen molar-refractivity contribution in [2.24, 2.45) is 0 Å². The van der Waals surface area contributed by atoms with Crippen LogP contribution in [0, 0.1) is 6.92 Å².